The summed E-state index contributed by atoms with van der Waals surface area (Å²) in [6.07, 6.45) is -2.54. The van der Waals surface area contributed by atoms with Gasteiger partial charge in [0.25, 0.3) is 0 Å². The molecule has 0 amide bonds. The van der Waals surface area contributed by atoms with Crippen LogP contribution in [0.5, 0.6) is 0 Å². The quantitative estimate of drug-likeness (QED) is 0.546. The first-order valence-electron chi connectivity index (χ1n) is 7.71. The van der Waals surface area contributed by atoms with E-state index in [1.165, 1.54) is 45.0 Å². The monoisotopic (exact) mass is 350 g/mol. The van der Waals surface area contributed by atoms with Crippen LogP contribution in [0.1, 0.15) is 47.9 Å². The number of aromatic carboxylic acids is 1. The van der Waals surface area contributed by atoms with E-state index < -0.39 is 36.2 Å². The average Bonchev–Trinajstić information content (AvgIpc) is 2.53. The standard InChI is InChI=1S/C18H22O7/c1-10(2)17(22)25-15(9-11(3)19)12(4)24-18(23)14-8-6-5-7-13(14)16(20)21/h5-8,11-12,15,19H,1,9H2,2-4H3,(H,20,21). The van der Waals surface area contributed by atoms with Gasteiger partial charge in [-0.3, -0.25) is 0 Å². The van der Waals surface area contributed by atoms with Gasteiger partial charge in [0.05, 0.1) is 17.2 Å². The molecule has 0 aliphatic carbocycles. The number of aliphatic hydroxyl groups is 1. The number of carboxylic acids is 1. The molecule has 0 radical (unpaired) electrons. The molecule has 0 fully saturated rings. The summed E-state index contributed by atoms with van der Waals surface area (Å²) < 4.78 is 10.5. The molecule has 1 aromatic carbocycles. The fourth-order valence-corrected chi connectivity index (χ4v) is 2.07. The van der Waals surface area contributed by atoms with Crippen LogP contribution in [0.2, 0.25) is 0 Å². The highest BCUT2D eigenvalue weighted by molar-refractivity contribution is 6.02. The number of hydrogen-bond donors (Lipinski definition) is 2. The second-order valence-corrected chi connectivity index (χ2v) is 5.77. The van der Waals surface area contributed by atoms with Crippen molar-refractivity contribution in [2.24, 2.45) is 0 Å². The molecule has 7 heteroatoms. The van der Waals surface area contributed by atoms with Crippen LogP contribution in [0.4, 0.5) is 0 Å². The van der Waals surface area contributed by atoms with Gasteiger partial charge in [-0.15, -0.1) is 0 Å². The molecule has 0 spiro atoms. The molecule has 0 aliphatic heterocycles. The summed E-state index contributed by atoms with van der Waals surface area (Å²) in [5, 5.41) is 18.7. The Labute approximate surface area is 145 Å². The first-order chi connectivity index (χ1) is 11.6. The molecule has 0 aromatic heterocycles. The van der Waals surface area contributed by atoms with Crippen molar-refractivity contribution < 1.29 is 34.1 Å². The van der Waals surface area contributed by atoms with Crippen LogP contribution in [-0.2, 0) is 14.3 Å². The maximum atomic E-state index is 12.3. The lowest BCUT2D eigenvalue weighted by Gasteiger charge is -2.25. The zero-order valence-electron chi connectivity index (χ0n) is 14.4. The van der Waals surface area contributed by atoms with Gasteiger partial charge in [-0.2, -0.15) is 0 Å². The molecule has 0 aliphatic rings. The van der Waals surface area contributed by atoms with Crippen molar-refractivity contribution in [1.29, 1.82) is 0 Å². The highest BCUT2D eigenvalue weighted by atomic mass is 16.6. The predicted molar refractivity (Wildman–Crippen MR) is 89.3 cm³/mol. The number of rotatable bonds is 8. The number of carboxylic acid groups (broad SMARTS) is 1. The van der Waals surface area contributed by atoms with E-state index in [9.17, 15) is 19.5 Å². The summed E-state index contributed by atoms with van der Waals surface area (Å²) in [5.41, 5.74) is -0.125. The molecule has 136 valence electrons. The first kappa shape index (κ1) is 20.4. The number of carbonyl (C=O) groups excluding carboxylic acids is 2. The SMILES string of the molecule is C=C(C)C(=O)OC(CC(C)O)C(C)OC(=O)c1ccccc1C(=O)O. The molecule has 0 saturated carbocycles. The zero-order valence-corrected chi connectivity index (χ0v) is 14.4. The third kappa shape index (κ3) is 6.04. The molecule has 0 heterocycles. The fraction of sp³-hybridized carbons (Fsp3) is 0.389. The van der Waals surface area contributed by atoms with Crippen molar-refractivity contribution >= 4 is 17.9 Å². The van der Waals surface area contributed by atoms with Gasteiger partial charge in [-0.25, -0.2) is 14.4 Å². The minimum atomic E-state index is -1.26. The predicted octanol–water partition coefficient (Wildman–Crippen LogP) is 2.19. The van der Waals surface area contributed by atoms with Gasteiger partial charge in [0.2, 0.25) is 0 Å². The second kappa shape index (κ2) is 8.98. The van der Waals surface area contributed by atoms with Crippen molar-refractivity contribution in [2.75, 3.05) is 0 Å². The van der Waals surface area contributed by atoms with Gasteiger partial charge in [-0.1, -0.05) is 18.7 Å². The van der Waals surface area contributed by atoms with E-state index in [0.717, 1.165) is 0 Å². The summed E-state index contributed by atoms with van der Waals surface area (Å²) in [4.78, 5) is 35.2. The molecule has 25 heavy (non-hydrogen) atoms. The van der Waals surface area contributed by atoms with Gasteiger partial charge in [0.1, 0.15) is 12.2 Å². The molecule has 3 atom stereocenters. The van der Waals surface area contributed by atoms with E-state index in [1.807, 2.05) is 0 Å². The largest absolute Gasteiger partial charge is 0.478 e. The second-order valence-electron chi connectivity index (χ2n) is 5.77. The Hall–Kier alpha value is -2.67. The Balaban J connectivity index is 2.93. The summed E-state index contributed by atoms with van der Waals surface area (Å²) >= 11 is 0. The smallest absolute Gasteiger partial charge is 0.339 e. The van der Waals surface area contributed by atoms with Crippen molar-refractivity contribution in [3.8, 4) is 0 Å². The van der Waals surface area contributed by atoms with E-state index in [1.54, 1.807) is 0 Å². The normalized spacial score (nSPS) is 14.1. The molecule has 0 bridgehead atoms. The van der Waals surface area contributed by atoms with Crippen molar-refractivity contribution in [3.63, 3.8) is 0 Å². The maximum absolute atomic E-state index is 12.3. The molecule has 0 saturated heterocycles. The van der Waals surface area contributed by atoms with Gasteiger partial charge < -0.3 is 19.7 Å². The van der Waals surface area contributed by atoms with Gasteiger partial charge >= 0.3 is 17.9 Å². The Bertz CT molecular complexity index is 663. The van der Waals surface area contributed by atoms with Crippen LogP contribution in [0.25, 0.3) is 0 Å². The molecule has 2 N–H and O–H groups in total. The topological polar surface area (TPSA) is 110 Å². The average molecular weight is 350 g/mol. The fourth-order valence-electron chi connectivity index (χ4n) is 2.07. The minimum Gasteiger partial charge on any atom is -0.478 e. The molecule has 7 nitrogen and oxygen atoms in total. The lowest BCUT2D eigenvalue weighted by Crippen LogP contribution is -2.36. The number of carbonyl (C=O) groups is 3. The van der Waals surface area contributed by atoms with Crippen molar-refractivity contribution in [2.45, 2.75) is 45.5 Å². The van der Waals surface area contributed by atoms with Gasteiger partial charge in [0.15, 0.2) is 0 Å². The van der Waals surface area contributed by atoms with Gasteiger partial charge in [-0.05, 0) is 32.9 Å². The van der Waals surface area contributed by atoms with Crippen LogP contribution >= 0.6 is 0 Å². The Morgan fingerprint density at radius 3 is 2.16 bits per heavy atom. The van der Waals surface area contributed by atoms with E-state index in [4.69, 9.17) is 14.6 Å². The molecular formula is C18H22O7. The Morgan fingerprint density at radius 2 is 1.68 bits per heavy atom. The van der Waals surface area contributed by atoms with Crippen LogP contribution in [-0.4, -0.2) is 46.4 Å². The third-order valence-corrected chi connectivity index (χ3v) is 3.37. The number of ether oxygens (including phenoxy) is 2. The highest BCUT2D eigenvalue weighted by Gasteiger charge is 2.28. The minimum absolute atomic E-state index is 0.0496. The number of hydrogen-bond acceptors (Lipinski definition) is 6. The van der Waals surface area contributed by atoms with Gasteiger partial charge in [0, 0.05) is 12.0 Å². The van der Waals surface area contributed by atoms with E-state index in [-0.39, 0.29) is 23.1 Å². The zero-order chi connectivity index (χ0) is 19.1. The molecule has 1 rings (SSSR count). The number of esters is 2. The van der Waals surface area contributed by atoms with Crippen LogP contribution in [0, 0.1) is 0 Å². The van der Waals surface area contributed by atoms with E-state index in [0.29, 0.717) is 0 Å². The molecule has 3 unspecified atom stereocenters. The van der Waals surface area contributed by atoms with E-state index >= 15 is 0 Å². The van der Waals surface area contributed by atoms with Crippen molar-refractivity contribution in [3.05, 3.63) is 47.5 Å². The summed E-state index contributed by atoms with van der Waals surface area (Å²) in [6.45, 7) is 7.96. The van der Waals surface area contributed by atoms with Crippen LogP contribution in [0.3, 0.4) is 0 Å². The number of aliphatic hydroxyl groups excluding tert-OH is 1. The Kier molecular flexibility index (Phi) is 7.32. The first-order valence-corrected chi connectivity index (χ1v) is 7.71. The summed E-state index contributed by atoms with van der Waals surface area (Å²) in [6, 6.07) is 5.64. The van der Waals surface area contributed by atoms with Crippen molar-refractivity contribution in [1.82, 2.24) is 0 Å². The third-order valence-electron chi connectivity index (χ3n) is 3.37. The Morgan fingerprint density at radius 1 is 1.12 bits per heavy atom. The summed E-state index contributed by atoms with van der Waals surface area (Å²) in [5.74, 6) is -2.78. The summed E-state index contributed by atoms with van der Waals surface area (Å²) in [7, 11) is 0. The molecular weight excluding hydrogens is 328 g/mol. The van der Waals surface area contributed by atoms with E-state index in [2.05, 4.69) is 6.58 Å². The highest BCUT2D eigenvalue weighted by Crippen LogP contribution is 2.17. The van der Waals surface area contributed by atoms with Crippen LogP contribution in [0.15, 0.2) is 36.4 Å². The lowest BCUT2D eigenvalue weighted by atomic mass is 10.1. The maximum Gasteiger partial charge on any atom is 0.339 e. The lowest BCUT2D eigenvalue weighted by molar-refractivity contribution is -0.151. The molecule has 1 aromatic rings. The van der Waals surface area contributed by atoms with Crippen LogP contribution < -0.4 is 0 Å². The number of benzene rings is 1.